The Morgan fingerprint density at radius 3 is 2.48 bits per heavy atom. The van der Waals surface area contributed by atoms with Crippen molar-refractivity contribution in [2.24, 2.45) is 0 Å². The number of hydrogen-bond acceptors (Lipinski definition) is 4. The second-order valence-electron chi connectivity index (χ2n) is 6.54. The first-order chi connectivity index (χ1) is 14.2. The summed E-state index contributed by atoms with van der Waals surface area (Å²) in [6.45, 7) is 1.61. The normalized spacial score (nSPS) is 10.5. The maximum atomic E-state index is 12.0. The lowest BCUT2D eigenvalue weighted by Crippen LogP contribution is -2.30. The number of amides is 2. The van der Waals surface area contributed by atoms with Crippen LogP contribution in [-0.2, 0) is 29.3 Å². The molecule has 0 unspecified atom stereocenters. The number of nitrogens with one attached hydrogen (secondary N) is 2. The Balaban J connectivity index is 1.35. The first-order valence-electron chi connectivity index (χ1n) is 9.48. The van der Waals surface area contributed by atoms with Gasteiger partial charge in [-0.1, -0.05) is 42.5 Å². The Kier molecular flexibility index (Phi) is 7.60. The van der Waals surface area contributed by atoms with Crippen LogP contribution in [0.4, 0.5) is 0 Å². The van der Waals surface area contributed by atoms with Crippen LogP contribution in [0.5, 0.6) is 0 Å². The molecule has 0 atom stereocenters. The van der Waals surface area contributed by atoms with E-state index in [1.807, 2.05) is 42.5 Å². The van der Waals surface area contributed by atoms with Gasteiger partial charge in [0, 0.05) is 25.1 Å². The van der Waals surface area contributed by atoms with Crippen molar-refractivity contribution in [1.29, 1.82) is 0 Å². The van der Waals surface area contributed by atoms with Crippen molar-refractivity contribution in [2.75, 3.05) is 6.54 Å². The van der Waals surface area contributed by atoms with Gasteiger partial charge in [0.15, 0.2) is 0 Å². The van der Waals surface area contributed by atoms with Gasteiger partial charge in [-0.15, -0.1) is 0 Å². The zero-order chi connectivity index (χ0) is 20.3. The van der Waals surface area contributed by atoms with E-state index in [9.17, 15) is 9.59 Å². The molecule has 0 bridgehead atoms. The number of ether oxygens (including phenoxy) is 1. The lowest BCUT2D eigenvalue weighted by Gasteiger charge is -2.09. The number of carbonyl (C=O) groups excluding carboxylic acids is 2. The Bertz CT molecular complexity index is 908. The maximum absolute atomic E-state index is 12.0. The van der Waals surface area contributed by atoms with Crippen molar-refractivity contribution in [3.63, 3.8) is 0 Å². The summed E-state index contributed by atoms with van der Waals surface area (Å²) in [6, 6.07) is 20.5. The Morgan fingerprint density at radius 2 is 1.69 bits per heavy atom. The smallest absolute Gasteiger partial charge is 0.251 e. The summed E-state index contributed by atoms with van der Waals surface area (Å²) >= 11 is 0. The molecule has 6 nitrogen and oxygen atoms in total. The van der Waals surface area contributed by atoms with Crippen molar-refractivity contribution >= 4 is 11.8 Å². The van der Waals surface area contributed by atoms with Crippen molar-refractivity contribution in [3.05, 3.63) is 95.4 Å². The molecule has 0 aliphatic rings. The third-order valence-electron chi connectivity index (χ3n) is 4.25. The highest BCUT2D eigenvalue weighted by Crippen LogP contribution is 2.09. The molecule has 0 aliphatic heterocycles. The minimum absolute atomic E-state index is 0.113. The van der Waals surface area contributed by atoms with Gasteiger partial charge in [0.25, 0.3) is 5.91 Å². The number of carbonyl (C=O) groups is 2. The maximum Gasteiger partial charge on any atom is 0.251 e. The van der Waals surface area contributed by atoms with E-state index in [1.54, 1.807) is 30.5 Å². The van der Waals surface area contributed by atoms with E-state index in [1.165, 1.54) is 0 Å². The number of rotatable bonds is 10. The second kappa shape index (κ2) is 10.8. The van der Waals surface area contributed by atoms with Crippen LogP contribution in [0.2, 0.25) is 0 Å². The molecule has 0 saturated heterocycles. The molecule has 1 aromatic heterocycles. The predicted molar refractivity (Wildman–Crippen MR) is 109 cm³/mol. The van der Waals surface area contributed by atoms with E-state index in [-0.39, 0.29) is 18.2 Å². The third-order valence-corrected chi connectivity index (χ3v) is 4.25. The highest BCUT2D eigenvalue weighted by molar-refractivity contribution is 5.94. The zero-order valence-electron chi connectivity index (χ0n) is 16.1. The fourth-order valence-corrected chi connectivity index (χ4v) is 2.76. The van der Waals surface area contributed by atoms with Crippen LogP contribution in [0.3, 0.4) is 0 Å². The molecule has 150 valence electrons. The average Bonchev–Trinajstić information content (AvgIpc) is 3.27. The molecule has 3 rings (SSSR count). The van der Waals surface area contributed by atoms with Gasteiger partial charge >= 0.3 is 0 Å². The van der Waals surface area contributed by atoms with Crippen LogP contribution >= 0.6 is 0 Å². The predicted octanol–water partition coefficient (Wildman–Crippen LogP) is 3.43. The third kappa shape index (κ3) is 6.93. The van der Waals surface area contributed by atoms with Crippen molar-refractivity contribution in [2.45, 2.75) is 26.2 Å². The molecule has 6 heteroatoms. The van der Waals surface area contributed by atoms with E-state index in [0.29, 0.717) is 31.9 Å². The first kappa shape index (κ1) is 20.4. The zero-order valence-corrected chi connectivity index (χ0v) is 16.1. The molecular weight excluding hydrogens is 368 g/mol. The summed E-state index contributed by atoms with van der Waals surface area (Å²) in [5, 5.41) is 5.62. The standard InChI is InChI=1S/C23H24N2O4/c26-22(11-12-24-23(27)20-8-2-1-3-9-20)25-15-18-6-4-7-19(14-18)16-28-17-21-10-5-13-29-21/h1-10,13-14H,11-12,15-17H2,(H,24,27)(H,25,26). The van der Waals surface area contributed by atoms with Crippen LogP contribution in [0.1, 0.15) is 33.7 Å². The van der Waals surface area contributed by atoms with Crippen LogP contribution in [0.15, 0.2) is 77.4 Å². The lowest BCUT2D eigenvalue weighted by atomic mass is 10.1. The number of hydrogen-bond donors (Lipinski definition) is 2. The Morgan fingerprint density at radius 1 is 0.862 bits per heavy atom. The SMILES string of the molecule is O=C(CCNC(=O)c1ccccc1)NCc1cccc(COCc2ccco2)c1. The molecule has 3 aromatic rings. The number of furan rings is 1. The minimum atomic E-state index is -0.180. The molecule has 1 heterocycles. The van der Waals surface area contributed by atoms with Crippen molar-refractivity contribution in [3.8, 4) is 0 Å². The van der Waals surface area contributed by atoms with E-state index in [2.05, 4.69) is 10.6 Å². The Labute approximate surface area is 169 Å². The topological polar surface area (TPSA) is 80.6 Å². The average molecular weight is 392 g/mol. The fraction of sp³-hybridized carbons (Fsp3) is 0.217. The summed E-state index contributed by atoms with van der Waals surface area (Å²) in [6.07, 6.45) is 1.85. The highest BCUT2D eigenvalue weighted by Gasteiger charge is 2.06. The Hall–Kier alpha value is -3.38. The number of benzene rings is 2. The first-order valence-corrected chi connectivity index (χ1v) is 9.48. The molecule has 2 N–H and O–H groups in total. The van der Waals surface area contributed by atoms with Gasteiger partial charge < -0.3 is 19.8 Å². The summed E-state index contributed by atoms with van der Waals surface area (Å²) in [7, 11) is 0. The molecule has 0 spiro atoms. The monoisotopic (exact) mass is 392 g/mol. The van der Waals surface area contributed by atoms with E-state index >= 15 is 0 Å². The molecule has 0 aliphatic carbocycles. The van der Waals surface area contributed by atoms with E-state index < -0.39 is 0 Å². The van der Waals surface area contributed by atoms with E-state index in [4.69, 9.17) is 9.15 Å². The van der Waals surface area contributed by atoms with Gasteiger partial charge in [-0.25, -0.2) is 0 Å². The van der Waals surface area contributed by atoms with Crippen LogP contribution in [0, 0.1) is 0 Å². The fourth-order valence-electron chi connectivity index (χ4n) is 2.76. The van der Waals surface area contributed by atoms with Gasteiger partial charge in [-0.2, -0.15) is 0 Å². The lowest BCUT2D eigenvalue weighted by molar-refractivity contribution is -0.121. The van der Waals surface area contributed by atoms with Gasteiger partial charge in [-0.3, -0.25) is 9.59 Å². The van der Waals surface area contributed by atoms with Crippen molar-refractivity contribution < 1.29 is 18.7 Å². The van der Waals surface area contributed by atoms with Crippen LogP contribution in [-0.4, -0.2) is 18.4 Å². The van der Waals surface area contributed by atoms with Crippen LogP contribution < -0.4 is 10.6 Å². The summed E-state index contributed by atoms with van der Waals surface area (Å²) < 4.78 is 10.9. The van der Waals surface area contributed by atoms with Gasteiger partial charge in [-0.05, 0) is 35.4 Å². The molecule has 0 fully saturated rings. The van der Waals surface area contributed by atoms with Crippen LogP contribution in [0.25, 0.3) is 0 Å². The molecule has 2 aromatic carbocycles. The summed E-state index contributed by atoms with van der Waals surface area (Å²) in [5.74, 6) is 0.492. The van der Waals surface area contributed by atoms with Gasteiger partial charge in [0.05, 0.1) is 12.9 Å². The summed E-state index contributed by atoms with van der Waals surface area (Å²) in [4.78, 5) is 24.0. The molecule has 29 heavy (non-hydrogen) atoms. The van der Waals surface area contributed by atoms with Gasteiger partial charge in [0.1, 0.15) is 12.4 Å². The minimum Gasteiger partial charge on any atom is -0.467 e. The quantitative estimate of drug-likeness (QED) is 0.554. The molecule has 0 saturated carbocycles. The van der Waals surface area contributed by atoms with Crippen molar-refractivity contribution in [1.82, 2.24) is 10.6 Å². The summed E-state index contributed by atoms with van der Waals surface area (Å²) in [5.41, 5.74) is 2.60. The second-order valence-corrected chi connectivity index (χ2v) is 6.54. The molecule has 0 radical (unpaired) electrons. The molecular formula is C23H24N2O4. The van der Waals surface area contributed by atoms with E-state index in [0.717, 1.165) is 16.9 Å². The van der Waals surface area contributed by atoms with Gasteiger partial charge in [0.2, 0.25) is 5.91 Å². The highest BCUT2D eigenvalue weighted by atomic mass is 16.5. The largest absolute Gasteiger partial charge is 0.467 e. The molecule has 2 amide bonds.